The summed E-state index contributed by atoms with van der Waals surface area (Å²) in [5.74, 6) is 2.65. The van der Waals surface area contributed by atoms with Gasteiger partial charge in [0.2, 0.25) is 0 Å². The average molecular weight is 267 g/mol. The number of terminal acetylenes is 1. The average Bonchev–Trinajstić information content (AvgIpc) is 2.37. The van der Waals surface area contributed by atoms with Crippen LogP contribution in [-0.4, -0.2) is 26.1 Å². The summed E-state index contributed by atoms with van der Waals surface area (Å²) in [5.41, 5.74) is 0.825. The number of amides is 1. The van der Waals surface area contributed by atoms with E-state index in [-0.39, 0.29) is 19.1 Å². The fourth-order valence-corrected chi connectivity index (χ4v) is 1.60. The number of carbonyl (C=O) groups is 1. The number of benzene rings is 1. The summed E-state index contributed by atoms with van der Waals surface area (Å²) in [5, 5.41) is 6.12. The minimum absolute atomic E-state index is 0.0846. The topological polar surface area (TPSA) is 50.4 Å². The maximum absolute atomic E-state index is 11.3. The summed E-state index contributed by atoms with van der Waals surface area (Å²) in [4.78, 5) is 11.3. The number of nitrogens with one attached hydrogen (secondary N) is 2. The second-order valence-corrected chi connectivity index (χ2v) is 3.92. The van der Waals surface area contributed by atoms with Gasteiger partial charge in [-0.2, -0.15) is 0 Å². The van der Waals surface area contributed by atoms with Gasteiger partial charge in [0.25, 0.3) is 5.91 Å². The molecule has 0 bridgehead atoms. The summed E-state index contributed by atoms with van der Waals surface area (Å²) in [6.07, 6.45) is 5.04. The van der Waals surface area contributed by atoms with Crippen molar-refractivity contribution in [1.29, 1.82) is 0 Å². The van der Waals surface area contributed by atoms with Crippen molar-refractivity contribution in [2.75, 3.05) is 20.2 Å². The molecule has 2 N–H and O–H groups in total. The van der Waals surface area contributed by atoms with Gasteiger partial charge in [-0.25, -0.2) is 0 Å². The fourth-order valence-electron chi connectivity index (χ4n) is 1.37. The molecule has 0 unspecified atom stereocenters. The van der Waals surface area contributed by atoms with Crippen molar-refractivity contribution in [3.8, 4) is 18.1 Å². The molecule has 0 atom stereocenters. The van der Waals surface area contributed by atoms with E-state index in [1.165, 1.54) is 0 Å². The van der Waals surface area contributed by atoms with E-state index in [9.17, 15) is 4.79 Å². The number of ether oxygens (including phenoxy) is 1. The normalized spacial score (nSPS) is 9.61. The second-order valence-electron chi connectivity index (χ2n) is 3.52. The lowest BCUT2D eigenvalue weighted by Crippen LogP contribution is -2.29. The Balaban J connectivity index is 2.64. The van der Waals surface area contributed by atoms with Crippen LogP contribution in [0.3, 0.4) is 0 Å². The van der Waals surface area contributed by atoms with E-state index in [0.717, 1.165) is 5.56 Å². The van der Waals surface area contributed by atoms with Gasteiger partial charge in [-0.3, -0.25) is 4.79 Å². The first-order valence-corrected chi connectivity index (χ1v) is 5.81. The van der Waals surface area contributed by atoms with E-state index in [1.54, 1.807) is 18.2 Å². The van der Waals surface area contributed by atoms with Gasteiger partial charge >= 0.3 is 0 Å². The Kier molecular flexibility index (Phi) is 6.06. The first kappa shape index (κ1) is 14.4. The molecule has 0 aliphatic heterocycles. The molecule has 0 saturated heterocycles. The van der Waals surface area contributed by atoms with Crippen LogP contribution in [0, 0.1) is 12.3 Å². The molecule has 0 heterocycles. The standard InChI is InChI=1S/C13H15ClN2O2/c1-3-7-16-13(17)9-18-12-6-4-5-11(14)10(12)8-15-2/h1,4-6,15H,7-9H2,2H3,(H,16,17). The maximum Gasteiger partial charge on any atom is 0.258 e. The Labute approximate surface area is 112 Å². The molecule has 0 aliphatic rings. The van der Waals surface area contributed by atoms with Gasteiger partial charge in [-0.15, -0.1) is 6.42 Å². The van der Waals surface area contributed by atoms with E-state index in [4.69, 9.17) is 22.8 Å². The third-order valence-corrected chi connectivity index (χ3v) is 2.53. The molecule has 1 aromatic rings. The van der Waals surface area contributed by atoms with Crippen molar-refractivity contribution in [1.82, 2.24) is 10.6 Å². The Hall–Kier alpha value is -1.70. The SMILES string of the molecule is C#CCNC(=O)COc1cccc(Cl)c1CNC. The Morgan fingerprint density at radius 3 is 3.00 bits per heavy atom. The quantitative estimate of drug-likeness (QED) is 0.761. The molecule has 0 radical (unpaired) electrons. The third-order valence-electron chi connectivity index (χ3n) is 2.18. The molecule has 96 valence electrons. The van der Waals surface area contributed by atoms with Gasteiger partial charge in [-0.1, -0.05) is 23.6 Å². The third kappa shape index (κ3) is 4.28. The first-order valence-electron chi connectivity index (χ1n) is 5.44. The minimum atomic E-state index is -0.261. The van der Waals surface area contributed by atoms with Crippen molar-refractivity contribution in [3.05, 3.63) is 28.8 Å². The highest BCUT2D eigenvalue weighted by Gasteiger charge is 2.09. The molecule has 0 spiro atoms. The van der Waals surface area contributed by atoms with Crippen LogP contribution in [-0.2, 0) is 11.3 Å². The Bertz CT molecular complexity index is 455. The van der Waals surface area contributed by atoms with Crippen LogP contribution in [0.5, 0.6) is 5.75 Å². The lowest BCUT2D eigenvalue weighted by Gasteiger charge is -2.12. The highest BCUT2D eigenvalue weighted by atomic mass is 35.5. The van der Waals surface area contributed by atoms with E-state index in [0.29, 0.717) is 17.3 Å². The summed E-state index contributed by atoms with van der Waals surface area (Å²) in [7, 11) is 1.81. The number of carbonyl (C=O) groups excluding carboxylic acids is 1. The van der Waals surface area contributed by atoms with Crippen molar-refractivity contribution < 1.29 is 9.53 Å². The van der Waals surface area contributed by atoms with Crippen molar-refractivity contribution in [2.45, 2.75) is 6.54 Å². The van der Waals surface area contributed by atoms with Crippen LogP contribution in [0.2, 0.25) is 5.02 Å². The Morgan fingerprint density at radius 2 is 2.33 bits per heavy atom. The van der Waals surface area contributed by atoms with Crippen LogP contribution in [0.4, 0.5) is 0 Å². The Morgan fingerprint density at radius 1 is 1.56 bits per heavy atom. The number of hydrogen-bond acceptors (Lipinski definition) is 3. The number of halogens is 1. The summed E-state index contributed by atoms with van der Waals surface area (Å²) < 4.78 is 5.42. The van der Waals surface area contributed by atoms with Crippen LogP contribution < -0.4 is 15.4 Å². The highest BCUT2D eigenvalue weighted by molar-refractivity contribution is 6.31. The van der Waals surface area contributed by atoms with E-state index in [1.807, 2.05) is 7.05 Å². The molecule has 0 fully saturated rings. The molecular formula is C13H15ClN2O2. The second kappa shape index (κ2) is 7.59. The molecule has 4 nitrogen and oxygen atoms in total. The van der Waals surface area contributed by atoms with Gasteiger partial charge < -0.3 is 15.4 Å². The number of rotatable bonds is 6. The zero-order chi connectivity index (χ0) is 13.4. The first-order chi connectivity index (χ1) is 8.69. The maximum atomic E-state index is 11.3. The van der Waals surface area contributed by atoms with Gasteiger partial charge in [0, 0.05) is 17.1 Å². The van der Waals surface area contributed by atoms with Crippen LogP contribution in [0.1, 0.15) is 5.56 Å². The molecule has 0 aromatic heterocycles. The van der Waals surface area contributed by atoms with E-state index in [2.05, 4.69) is 16.6 Å². The fraction of sp³-hybridized carbons (Fsp3) is 0.308. The molecule has 1 rings (SSSR count). The largest absolute Gasteiger partial charge is 0.483 e. The lowest BCUT2D eigenvalue weighted by molar-refractivity contribution is -0.122. The molecule has 1 amide bonds. The van der Waals surface area contributed by atoms with Gasteiger partial charge in [0.1, 0.15) is 5.75 Å². The van der Waals surface area contributed by atoms with Crippen molar-refractivity contribution in [2.24, 2.45) is 0 Å². The molecule has 5 heteroatoms. The zero-order valence-corrected chi connectivity index (χ0v) is 10.9. The van der Waals surface area contributed by atoms with Crippen molar-refractivity contribution >= 4 is 17.5 Å². The summed E-state index contributed by atoms with van der Waals surface area (Å²) in [6, 6.07) is 5.32. The van der Waals surface area contributed by atoms with Crippen molar-refractivity contribution in [3.63, 3.8) is 0 Å². The molecule has 1 aromatic carbocycles. The van der Waals surface area contributed by atoms with E-state index >= 15 is 0 Å². The van der Waals surface area contributed by atoms with Crippen LogP contribution in [0.15, 0.2) is 18.2 Å². The minimum Gasteiger partial charge on any atom is -0.483 e. The molecule has 0 saturated carbocycles. The monoisotopic (exact) mass is 266 g/mol. The smallest absolute Gasteiger partial charge is 0.258 e. The van der Waals surface area contributed by atoms with Crippen LogP contribution >= 0.6 is 11.6 Å². The van der Waals surface area contributed by atoms with Gasteiger partial charge in [0.15, 0.2) is 6.61 Å². The lowest BCUT2D eigenvalue weighted by atomic mass is 10.2. The summed E-state index contributed by atoms with van der Waals surface area (Å²) >= 11 is 6.06. The van der Waals surface area contributed by atoms with Crippen LogP contribution in [0.25, 0.3) is 0 Å². The van der Waals surface area contributed by atoms with Gasteiger partial charge in [-0.05, 0) is 19.2 Å². The molecular weight excluding hydrogens is 252 g/mol. The summed E-state index contributed by atoms with van der Waals surface area (Å²) in [6.45, 7) is 0.681. The highest BCUT2D eigenvalue weighted by Crippen LogP contribution is 2.26. The predicted octanol–water partition coefficient (Wildman–Crippen LogP) is 1.19. The molecule has 0 aliphatic carbocycles. The predicted molar refractivity (Wildman–Crippen MR) is 71.6 cm³/mol. The number of hydrogen-bond donors (Lipinski definition) is 2. The van der Waals surface area contributed by atoms with Gasteiger partial charge in [0.05, 0.1) is 6.54 Å². The molecule has 18 heavy (non-hydrogen) atoms. The zero-order valence-electron chi connectivity index (χ0n) is 10.1. The van der Waals surface area contributed by atoms with E-state index < -0.39 is 0 Å².